The predicted molar refractivity (Wildman–Crippen MR) is 107 cm³/mol. The van der Waals surface area contributed by atoms with Gasteiger partial charge in [-0.25, -0.2) is 0 Å². The Hall–Kier alpha value is -1.66. The second kappa shape index (κ2) is 10.3. The van der Waals surface area contributed by atoms with Gasteiger partial charge in [-0.3, -0.25) is 4.79 Å². The van der Waals surface area contributed by atoms with E-state index in [1.165, 1.54) is 0 Å². The normalized spacial score (nSPS) is 12.5. The minimum absolute atomic E-state index is 0. The Labute approximate surface area is 160 Å². The number of amides is 1. The molecule has 3 rings (SSSR count). The smallest absolute Gasteiger partial charge is 0.255 e. The van der Waals surface area contributed by atoms with Crippen LogP contribution in [0.5, 0.6) is 0 Å². The van der Waals surface area contributed by atoms with Gasteiger partial charge in [0.25, 0.3) is 5.91 Å². The lowest BCUT2D eigenvalue weighted by atomic mass is 10.1. The Balaban J connectivity index is 0.00000176. The summed E-state index contributed by atoms with van der Waals surface area (Å²) in [7, 11) is 0. The SMILES string of the molecule is Cl.Cl.Cl.Nc1ccccc1NC(=O)c1ccc(NC2CNC2)cc1. The summed E-state index contributed by atoms with van der Waals surface area (Å²) in [5.41, 5.74) is 8.64. The first-order valence-electron chi connectivity index (χ1n) is 6.95. The van der Waals surface area contributed by atoms with E-state index < -0.39 is 0 Å². The third-order valence-electron chi connectivity index (χ3n) is 3.51. The molecule has 1 fully saturated rings. The van der Waals surface area contributed by atoms with E-state index >= 15 is 0 Å². The van der Waals surface area contributed by atoms with Gasteiger partial charge in [-0.15, -0.1) is 37.2 Å². The summed E-state index contributed by atoms with van der Waals surface area (Å²) in [6.45, 7) is 1.96. The molecule has 2 aromatic rings. The molecule has 0 saturated carbocycles. The average Bonchev–Trinajstić information content (AvgIpc) is 2.46. The molecule has 2 aromatic carbocycles. The van der Waals surface area contributed by atoms with E-state index in [2.05, 4.69) is 16.0 Å². The molecule has 0 radical (unpaired) electrons. The maximum absolute atomic E-state index is 12.2. The summed E-state index contributed by atoms with van der Waals surface area (Å²) < 4.78 is 0. The number of nitrogen functional groups attached to an aromatic ring is 1. The number of carbonyl (C=O) groups excluding carboxylic acids is 1. The lowest BCUT2D eigenvalue weighted by molar-refractivity contribution is 0.102. The van der Waals surface area contributed by atoms with Crippen molar-refractivity contribution < 1.29 is 4.79 Å². The van der Waals surface area contributed by atoms with E-state index in [1.807, 2.05) is 36.4 Å². The fourth-order valence-corrected chi connectivity index (χ4v) is 2.15. The van der Waals surface area contributed by atoms with Crippen molar-refractivity contribution in [1.82, 2.24) is 5.32 Å². The predicted octanol–water partition coefficient (Wildman–Crippen LogP) is 3.17. The van der Waals surface area contributed by atoms with Gasteiger partial charge < -0.3 is 21.7 Å². The van der Waals surface area contributed by atoms with Gasteiger partial charge in [0.1, 0.15) is 0 Å². The molecule has 132 valence electrons. The summed E-state index contributed by atoms with van der Waals surface area (Å²) in [5.74, 6) is -0.162. The first-order chi connectivity index (χ1) is 10.2. The quantitative estimate of drug-likeness (QED) is 0.604. The highest BCUT2D eigenvalue weighted by atomic mass is 35.5. The number of benzene rings is 2. The number of nitrogens with two attached hydrogens (primary N) is 1. The number of para-hydroxylation sites is 2. The minimum atomic E-state index is -0.162. The summed E-state index contributed by atoms with van der Waals surface area (Å²) >= 11 is 0. The van der Waals surface area contributed by atoms with E-state index in [0.717, 1.165) is 18.8 Å². The number of rotatable bonds is 4. The molecule has 0 bridgehead atoms. The molecule has 1 aliphatic heterocycles. The van der Waals surface area contributed by atoms with Crippen LogP contribution in [0.4, 0.5) is 17.1 Å². The fourth-order valence-electron chi connectivity index (χ4n) is 2.15. The monoisotopic (exact) mass is 390 g/mol. The maximum atomic E-state index is 12.2. The van der Waals surface area contributed by atoms with Gasteiger partial charge in [-0.05, 0) is 36.4 Å². The van der Waals surface area contributed by atoms with E-state index in [-0.39, 0.29) is 43.1 Å². The Bertz CT molecular complexity index is 648. The van der Waals surface area contributed by atoms with Crippen LogP contribution < -0.4 is 21.7 Å². The number of halogens is 3. The van der Waals surface area contributed by atoms with Crippen molar-refractivity contribution in [1.29, 1.82) is 0 Å². The van der Waals surface area contributed by atoms with Crippen LogP contribution in [0.25, 0.3) is 0 Å². The molecule has 0 aliphatic carbocycles. The minimum Gasteiger partial charge on any atom is -0.397 e. The Morgan fingerprint density at radius 1 is 1.00 bits per heavy atom. The lowest BCUT2D eigenvalue weighted by Crippen LogP contribution is -2.51. The second-order valence-corrected chi connectivity index (χ2v) is 5.12. The van der Waals surface area contributed by atoms with Crippen LogP contribution in [-0.2, 0) is 0 Å². The van der Waals surface area contributed by atoms with Crippen molar-refractivity contribution in [2.75, 3.05) is 29.5 Å². The summed E-state index contributed by atoms with van der Waals surface area (Å²) in [6, 6.07) is 15.2. The molecule has 5 nitrogen and oxygen atoms in total. The molecule has 0 spiro atoms. The number of hydrogen-bond acceptors (Lipinski definition) is 4. The Morgan fingerprint density at radius 2 is 1.62 bits per heavy atom. The van der Waals surface area contributed by atoms with Gasteiger partial charge in [0, 0.05) is 24.3 Å². The highest BCUT2D eigenvalue weighted by Crippen LogP contribution is 2.18. The summed E-state index contributed by atoms with van der Waals surface area (Å²) in [4.78, 5) is 12.2. The molecule has 0 aromatic heterocycles. The third-order valence-corrected chi connectivity index (χ3v) is 3.51. The number of carbonyl (C=O) groups is 1. The van der Waals surface area contributed by atoms with E-state index in [0.29, 0.717) is 23.0 Å². The third kappa shape index (κ3) is 5.46. The van der Waals surface area contributed by atoms with Crippen LogP contribution in [-0.4, -0.2) is 25.0 Å². The van der Waals surface area contributed by atoms with Crippen LogP contribution in [0.2, 0.25) is 0 Å². The topological polar surface area (TPSA) is 79.2 Å². The average molecular weight is 392 g/mol. The molecule has 8 heteroatoms. The van der Waals surface area contributed by atoms with Gasteiger partial charge >= 0.3 is 0 Å². The fraction of sp³-hybridized carbons (Fsp3) is 0.188. The van der Waals surface area contributed by atoms with Crippen molar-refractivity contribution in [2.24, 2.45) is 0 Å². The van der Waals surface area contributed by atoms with Crippen molar-refractivity contribution in [3.8, 4) is 0 Å². The zero-order valence-corrected chi connectivity index (χ0v) is 15.3. The Kier molecular flexibility index (Phi) is 9.55. The first kappa shape index (κ1) is 22.3. The number of nitrogens with one attached hydrogen (secondary N) is 3. The van der Waals surface area contributed by atoms with Crippen molar-refractivity contribution in [3.63, 3.8) is 0 Å². The molecule has 24 heavy (non-hydrogen) atoms. The van der Waals surface area contributed by atoms with Gasteiger partial charge in [0.2, 0.25) is 0 Å². The molecule has 0 unspecified atom stereocenters. The van der Waals surface area contributed by atoms with Gasteiger partial charge in [0.05, 0.1) is 17.4 Å². The highest BCUT2D eigenvalue weighted by molar-refractivity contribution is 6.05. The maximum Gasteiger partial charge on any atom is 0.255 e. The zero-order chi connectivity index (χ0) is 14.7. The van der Waals surface area contributed by atoms with Gasteiger partial charge in [0.15, 0.2) is 0 Å². The second-order valence-electron chi connectivity index (χ2n) is 5.12. The molecule has 0 atom stereocenters. The van der Waals surface area contributed by atoms with Crippen molar-refractivity contribution >= 4 is 60.2 Å². The molecule has 1 heterocycles. The summed E-state index contributed by atoms with van der Waals surface area (Å²) in [5, 5.41) is 9.41. The van der Waals surface area contributed by atoms with E-state index in [9.17, 15) is 4.79 Å². The van der Waals surface area contributed by atoms with Gasteiger partial charge in [-0.2, -0.15) is 0 Å². The van der Waals surface area contributed by atoms with Crippen molar-refractivity contribution in [3.05, 3.63) is 54.1 Å². The number of anilines is 3. The van der Waals surface area contributed by atoms with Gasteiger partial charge in [-0.1, -0.05) is 12.1 Å². The van der Waals surface area contributed by atoms with Crippen LogP contribution >= 0.6 is 37.2 Å². The van der Waals surface area contributed by atoms with Crippen molar-refractivity contribution in [2.45, 2.75) is 6.04 Å². The van der Waals surface area contributed by atoms with Crippen LogP contribution in [0.3, 0.4) is 0 Å². The summed E-state index contributed by atoms with van der Waals surface area (Å²) in [6.07, 6.45) is 0. The van der Waals surface area contributed by atoms with Crippen LogP contribution in [0.1, 0.15) is 10.4 Å². The Morgan fingerprint density at radius 3 is 2.17 bits per heavy atom. The molecule has 1 amide bonds. The molecule has 1 aliphatic rings. The zero-order valence-electron chi connectivity index (χ0n) is 12.8. The van der Waals surface area contributed by atoms with E-state index in [1.54, 1.807) is 12.1 Å². The highest BCUT2D eigenvalue weighted by Gasteiger charge is 2.16. The first-order valence-corrected chi connectivity index (χ1v) is 6.95. The number of hydrogen-bond donors (Lipinski definition) is 4. The van der Waals surface area contributed by atoms with E-state index in [4.69, 9.17) is 5.73 Å². The standard InChI is InChI=1S/C16H18N4O.3ClH/c17-14-3-1-2-4-15(14)20-16(21)11-5-7-12(8-6-11)19-13-9-18-10-13;;;/h1-8,13,18-19H,9-10,17H2,(H,20,21);3*1H. The van der Waals surface area contributed by atoms with Crippen LogP contribution in [0, 0.1) is 0 Å². The van der Waals surface area contributed by atoms with Crippen LogP contribution in [0.15, 0.2) is 48.5 Å². The molecule has 1 saturated heterocycles. The molecular formula is C16H21Cl3N4O. The largest absolute Gasteiger partial charge is 0.397 e. The molecule has 5 N–H and O–H groups in total. The lowest BCUT2D eigenvalue weighted by Gasteiger charge is -2.29. The molecular weight excluding hydrogens is 371 g/mol.